The van der Waals surface area contributed by atoms with Crippen LogP contribution in [0.25, 0.3) is 0 Å². The molecule has 3 fully saturated rings. The van der Waals surface area contributed by atoms with Gasteiger partial charge < -0.3 is 10.2 Å². The Balaban J connectivity index is 1.51. The van der Waals surface area contributed by atoms with Crippen molar-refractivity contribution in [1.29, 1.82) is 0 Å². The maximum atomic E-state index is 5.62. The number of likely N-dealkylation sites (tertiary alicyclic amines) is 1. The van der Waals surface area contributed by atoms with Gasteiger partial charge in [-0.2, -0.15) is 0 Å². The molecule has 1 N–H and O–H groups in total. The van der Waals surface area contributed by atoms with Crippen molar-refractivity contribution in [2.75, 3.05) is 13.1 Å². The van der Waals surface area contributed by atoms with Crippen molar-refractivity contribution in [3.8, 4) is 0 Å². The molecule has 1 heterocycles. The summed E-state index contributed by atoms with van der Waals surface area (Å²) in [5, 5.41) is 4.65. The van der Waals surface area contributed by atoms with Gasteiger partial charge in [-0.15, -0.1) is 0 Å². The van der Waals surface area contributed by atoms with E-state index in [0.29, 0.717) is 6.04 Å². The number of thiocarbonyl (C=S) groups is 1. The number of nitrogens with zero attached hydrogens (tertiary/aromatic N) is 1. The molecular weight excluding hydrogens is 240 g/mol. The molecule has 18 heavy (non-hydrogen) atoms. The normalized spacial score (nSPS) is 33.2. The first-order valence-electron chi connectivity index (χ1n) is 7.88. The van der Waals surface area contributed by atoms with E-state index in [4.69, 9.17) is 12.2 Å². The van der Waals surface area contributed by atoms with E-state index in [1.165, 1.54) is 70.9 Å². The van der Waals surface area contributed by atoms with E-state index in [1.807, 2.05) is 0 Å². The van der Waals surface area contributed by atoms with E-state index in [1.54, 1.807) is 0 Å². The van der Waals surface area contributed by atoms with Crippen molar-refractivity contribution in [1.82, 2.24) is 10.2 Å². The van der Waals surface area contributed by atoms with Crippen LogP contribution in [0, 0.1) is 11.8 Å². The lowest BCUT2D eigenvalue weighted by atomic mass is 9.75. The number of nitrogens with one attached hydrogen (secondary N) is 1. The molecule has 2 nitrogen and oxygen atoms in total. The Morgan fingerprint density at radius 2 is 1.56 bits per heavy atom. The minimum atomic E-state index is 0.668. The summed E-state index contributed by atoms with van der Waals surface area (Å²) < 4.78 is 0. The van der Waals surface area contributed by atoms with Crippen LogP contribution in [0.1, 0.15) is 57.8 Å². The van der Waals surface area contributed by atoms with Crippen LogP contribution in [0.5, 0.6) is 0 Å². The first-order valence-corrected chi connectivity index (χ1v) is 8.29. The third-order valence-electron chi connectivity index (χ3n) is 5.26. The van der Waals surface area contributed by atoms with Crippen LogP contribution < -0.4 is 5.32 Å². The smallest absolute Gasteiger partial charge is 0.169 e. The second kappa shape index (κ2) is 5.77. The Morgan fingerprint density at radius 1 is 0.889 bits per heavy atom. The summed E-state index contributed by atoms with van der Waals surface area (Å²) in [5.74, 6) is 1.93. The second-order valence-electron chi connectivity index (χ2n) is 6.47. The molecule has 2 atom stereocenters. The molecule has 0 bridgehead atoms. The molecule has 1 saturated heterocycles. The maximum Gasteiger partial charge on any atom is 0.169 e. The zero-order valence-electron chi connectivity index (χ0n) is 11.4. The van der Waals surface area contributed by atoms with E-state index in [9.17, 15) is 0 Å². The first kappa shape index (κ1) is 12.7. The predicted molar refractivity (Wildman–Crippen MR) is 79.6 cm³/mol. The molecule has 0 spiro atoms. The topological polar surface area (TPSA) is 15.3 Å². The lowest BCUT2D eigenvalue weighted by Crippen LogP contribution is -2.50. The Kier molecular flexibility index (Phi) is 4.07. The molecule has 3 aliphatic rings. The molecule has 2 saturated carbocycles. The largest absolute Gasteiger partial charge is 0.360 e. The van der Waals surface area contributed by atoms with Gasteiger partial charge in [0, 0.05) is 19.1 Å². The fourth-order valence-corrected chi connectivity index (χ4v) is 4.45. The second-order valence-corrected chi connectivity index (χ2v) is 6.86. The van der Waals surface area contributed by atoms with Crippen molar-refractivity contribution in [3.05, 3.63) is 0 Å². The van der Waals surface area contributed by atoms with Gasteiger partial charge in [0.15, 0.2) is 5.11 Å². The van der Waals surface area contributed by atoms with Crippen molar-refractivity contribution >= 4 is 17.3 Å². The van der Waals surface area contributed by atoms with Gasteiger partial charge in [-0.05, 0) is 49.7 Å². The lowest BCUT2D eigenvalue weighted by Gasteiger charge is -2.42. The molecule has 2 unspecified atom stereocenters. The summed E-state index contributed by atoms with van der Waals surface area (Å²) >= 11 is 5.62. The van der Waals surface area contributed by atoms with Crippen molar-refractivity contribution in [3.63, 3.8) is 0 Å². The van der Waals surface area contributed by atoms with Gasteiger partial charge in [-0.3, -0.25) is 0 Å². The van der Waals surface area contributed by atoms with Gasteiger partial charge in [-0.25, -0.2) is 0 Å². The van der Waals surface area contributed by atoms with Crippen LogP contribution in [0.2, 0.25) is 0 Å². The predicted octanol–water partition coefficient (Wildman–Crippen LogP) is 3.32. The Labute approximate surface area is 116 Å². The average Bonchev–Trinajstić information content (AvgIpc) is 2.91. The van der Waals surface area contributed by atoms with E-state index < -0.39 is 0 Å². The fourth-order valence-electron chi connectivity index (χ4n) is 4.12. The zero-order valence-corrected chi connectivity index (χ0v) is 12.2. The van der Waals surface area contributed by atoms with Crippen LogP contribution in [0.4, 0.5) is 0 Å². The highest BCUT2D eigenvalue weighted by Crippen LogP contribution is 2.36. The van der Waals surface area contributed by atoms with E-state index in [-0.39, 0.29) is 0 Å². The molecule has 0 radical (unpaired) electrons. The minimum absolute atomic E-state index is 0.668. The Hall–Kier alpha value is -0.310. The van der Waals surface area contributed by atoms with Crippen molar-refractivity contribution < 1.29 is 0 Å². The summed E-state index contributed by atoms with van der Waals surface area (Å²) in [4.78, 5) is 2.46. The molecule has 0 aromatic heterocycles. The third kappa shape index (κ3) is 2.81. The van der Waals surface area contributed by atoms with Gasteiger partial charge in [0.25, 0.3) is 0 Å². The zero-order chi connectivity index (χ0) is 12.4. The highest BCUT2D eigenvalue weighted by Gasteiger charge is 2.32. The highest BCUT2D eigenvalue weighted by molar-refractivity contribution is 7.80. The molecule has 3 rings (SSSR count). The molecule has 0 aromatic carbocycles. The number of hydrogen-bond acceptors (Lipinski definition) is 1. The molecule has 1 aliphatic heterocycles. The molecule has 3 heteroatoms. The minimum Gasteiger partial charge on any atom is -0.360 e. The van der Waals surface area contributed by atoms with Gasteiger partial charge in [-0.1, -0.05) is 32.1 Å². The molecule has 0 aromatic rings. The quantitative estimate of drug-likeness (QED) is 0.733. The molecule has 0 amide bonds. The average molecular weight is 266 g/mol. The summed E-state index contributed by atoms with van der Waals surface area (Å²) in [5.41, 5.74) is 0. The van der Waals surface area contributed by atoms with Gasteiger partial charge in [0.2, 0.25) is 0 Å². The van der Waals surface area contributed by atoms with Crippen LogP contribution >= 0.6 is 12.2 Å². The van der Waals surface area contributed by atoms with Crippen LogP contribution in [0.3, 0.4) is 0 Å². The molecule has 102 valence electrons. The highest BCUT2D eigenvalue weighted by atomic mass is 32.1. The summed E-state index contributed by atoms with van der Waals surface area (Å²) in [7, 11) is 0. The Bertz CT molecular complexity index is 299. The molecular formula is C15H26N2S. The van der Waals surface area contributed by atoms with Crippen molar-refractivity contribution in [2.45, 2.75) is 63.8 Å². The summed E-state index contributed by atoms with van der Waals surface area (Å²) in [6.07, 6.45) is 12.6. The monoisotopic (exact) mass is 266 g/mol. The number of rotatable bonds is 1. The number of hydrogen-bond donors (Lipinski definition) is 1. The van der Waals surface area contributed by atoms with Gasteiger partial charge in [0.1, 0.15) is 0 Å². The van der Waals surface area contributed by atoms with Crippen LogP contribution in [-0.2, 0) is 0 Å². The number of piperidine rings is 1. The fraction of sp³-hybridized carbons (Fsp3) is 0.933. The van der Waals surface area contributed by atoms with Gasteiger partial charge in [0.05, 0.1) is 0 Å². The van der Waals surface area contributed by atoms with Crippen LogP contribution in [0.15, 0.2) is 0 Å². The SMILES string of the molecule is S=C(NC1CCCC1)N1CCC2CCCCC2C1. The molecule has 2 aliphatic carbocycles. The standard InChI is InChI=1S/C15H26N2S/c18-15(16-14-7-3-4-8-14)17-10-9-12-5-1-2-6-13(12)11-17/h12-14H,1-11H2,(H,16,18). The van der Waals surface area contributed by atoms with Crippen LogP contribution in [-0.4, -0.2) is 29.1 Å². The van der Waals surface area contributed by atoms with E-state index in [0.717, 1.165) is 16.9 Å². The lowest BCUT2D eigenvalue weighted by molar-refractivity contribution is 0.129. The Morgan fingerprint density at radius 3 is 2.33 bits per heavy atom. The van der Waals surface area contributed by atoms with E-state index in [2.05, 4.69) is 10.2 Å². The van der Waals surface area contributed by atoms with Crippen molar-refractivity contribution in [2.24, 2.45) is 11.8 Å². The third-order valence-corrected chi connectivity index (χ3v) is 5.64. The summed E-state index contributed by atoms with van der Waals surface area (Å²) in [6.45, 7) is 2.42. The maximum absolute atomic E-state index is 5.62. The number of fused-ring (bicyclic) bond motifs is 1. The van der Waals surface area contributed by atoms with E-state index >= 15 is 0 Å². The first-order chi connectivity index (χ1) is 8.83. The summed E-state index contributed by atoms with van der Waals surface area (Å²) in [6, 6.07) is 0.668. The van der Waals surface area contributed by atoms with Gasteiger partial charge >= 0.3 is 0 Å².